The van der Waals surface area contributed by atoms with E-state index in [2.05, 4.69) is 14.1 Å². The van der Waals surface area contributed by atoms with E-state index in [4.69, 9.17) is 19.1 Å². The Labute approximate surface area is 97.8 Å². The molecule has 0 fully saturated rings. The maximum absolute atomic E-state index is 10.8. The van der Waals surface area contributed by atoms with E-state index in [1.54, 1.807) is 0 Å². The van der Waals surface area contributed by atoms with Crippen molar-refractivity contribution in [1.82, 2.24) is 0 Å². The summed E-state index contributed by atoms with van der Waals surface area (Å²) in [7, 11) is 0. The van der Waals surface area contributed by atoms with Crippen molar-refractivity contribution >= 4 is 31.6 Å². The zero-order valence-electron chi connectivity index (χ0n) is 7.45. The van der Waals surface area contributed by atoms with Crippen LogP contribution in [0.4, 0.5) is 0 Å². The second-order valence-corrected chi connectivity index (χ2v) is 4.14. The Bertz CT molecular complexity index is 263. The first-order valence-electron chi connectivity index (χ1n) is 3.69. The summed E-state index contributed by atoms with van der Waals surface area (Å²) in [5.74, 6) is -4.45. The Morgan fingerprint density at radius 1 is 1.13 bits per heavy atom. The molecule has 0 aromatic carbocycles. The Morgan fingerprint density at radius 3 is 1.73 bits per heavy atom. The van der Waals surface area contributed by atoms with Gasteiger partial charge < -0.3 is 0 Å². The summed E-state index contributed by atoms with van der Waals surface area (Å²) in [5.41, 5.74) is -2.19. The van der Waals surface area contributed by atoms with Gasteiger partial charge in [0.2, 0.25) is 0 Å². The molecular weight excluding hydrogens is 267 g/mol. The van der Waals surface area contributed by atoms with Crippen LogP contribution < -0.4 is 0 Å². The predicted molar refractivity (Wildman–Crippen MR) is 43.1 cm³/mol. The van der Waals surface area contributed by atoms with Gasteiger partial charge in [-0.15, -0.1) is 0 Å². The third kappa shape index (κ3) is 4.64. The molecule has 0 atom stereocenters. The molecule has 0 unspecified atom stereocenters. The van der Waals surface area contributed by atoms with E-state index < -0.39 is 50.1 Å². The van der Waals surface area contributed by atoms with Gasteiger partial charge >= 0.3 is 97.7 Å². The first-order chi connectivity index (χ1) is 6.84. The summed E-state index contributed by atoms with van der Waals surface area (Å²) in [4.78, 5) is 31.7. The number of carbonyl (C=O) groups is 3. The fourth-order valence-electron chi connectivity index (χ4n) is 0.964. The van der Waals surface area contributed by atoms with Crippen LogP contribution in [0.3, 0.4) is 0 Å². The summed E-state index contributed by atoms with van der Waals surface area (Å²) >= 11 is 1.86. The number of hydrogen-bond donors (Lipinski definition) is 3. The van der Waals surface area contributed by atoms with Gasteiger partial charge in [0.1, 0.15) is 0 Å². The fourth-order valence-corrected chi connectivity index (χ4v) is 2.40. The van der Waals surface area contributed by atoms with Crippen LogP contribution in [0, 0.1) is 0 Å². The van der Waals surface area contributed by atoms with Crippen molar-refractivity contribution in [2.45, 2.75) is 18.4 Å². The molecule has 0 amide bonds. The van der Waals surface area contributed by atoms with Crippen molar-refractivity contribution in [3.05, 3.63) is 0 Å². The molecular formula is C6H8AlFeO7. The summed E-state index contributed by atoms with van der Waals surface area (Å²) in [6.45, 7) is 0. The van der Waals surface area contributed by atoms with E-state index in [0.29, 0.717) is 0 Å². The van der Waals surface area contributed by atoms with Crippen LogP contribution in [-0.2, 0) is 32.3 Å². The van der Waals surface area contributed by atoms with Gasteiger partial charge in [-0.1, -0.05) is 0 Å². The van der Waals surface area contributed by atoms with Crippen LogP contribution in [0.2, 0.25) is 0 Å². The fraction of sp³-hybridized carbons (Fsp3) is 0.500. The van der Waals surface area contributed by atoms with E-state index in [-0.39, 0.29) is 0 Å². The Balaban J connectivity index is 4.96. The normalized spacial score (nSPS) is 10.7. The van der Waals surface area contributed by atoms with Crippen LogP contribution in [0.1, 0.15) is 12.8 Å². The molecule has 0 saturated carbocycles. The third-order valence-electron chi connectivity index (χ3n) is 1.59. The number of rotatable bonds is 7. The minimum absolute atomic E-state index is 0.892. The van der Waals surface area contributed by atoms with E-state index >= 15 is 0 Å². The van der Waals surface area contributed by atoms with E-state index in [1.807, 2.05) is 0 Å². The van der Waals surface area contributed by atoms with Gasteiger partial charge in [0.25, 0.3) is 0 Å². The van der Waals surface area contributed by atoms with Gasteiger partial charge in [0.15, 0.2) is 0 Å². The van der Waals surface area contributed by atoms with E-state index in [9.17, 15) is 14.4 Å². The van der Waals surface area contributed by atoms with Crippen molar-refractivity contribution in [2.75, 3.05) is 0 Å². The minimum atomic E-state index is -2.19. The SMILES string of the molecule is O=C(O)CC(CC(=O)O)([O][AlH][Fe])C(=O)O. The molecule has 0 aliphatic rings. The van der Waals surface area contributed by atoms with Crippen LogP contribution in [0.25, 0.3) is 0 Å². The number of hydrogen-bond acceptors (Lipinski definition) is 4. The van der Waals surface area contributed by atoms with Crippen LogP contribution in [0.5, 0.6) is 0 Å². The van der Waals surface area contributed by atoms with Crippen molar-refractivity contribution in [3.63, 3.8) is 0 Å². The standard InChI is InChI=1S/C6H7O7.Al.Fe.H/c7-3(8)1-6(13,5(11)12)2-4(9)10;;;/h1-2H2,(H,7,8)(H,9,10)(H,11,12);;;/q-1;+1;;. The molecule has 0 rings (SSSR count). The van der Waals surface area contributed by atoms with E-state index in [0.717, 1.165) is 0 Å². The summed E-state index contributed by atoms with van der Waals surface area (Å²) in [6.07, 6.45) is -1.78. The van der Waals surface area contributed by atoms with Gasteiger partial charge in [-0.25, -0.2) is 0 Å². The molecule has 85 valence electrons. The molecule has 7 nitrogen and oxygen atoms in total. The van der Waals surface area contributed by atoms with Crippen molar-refractivity contribution in [2.24, 2.45) is 0 Å². The summed E-state index contributed by atoms with van der Waals surface area (Å²) in [5, 5.41) is 25.8. The van der Waals surface area contributed by atoms with Gasteiger partial charge in [-0.05, 0) is 0 Å². The summed E-state index contributed by atoms with van der Waals surface area (Å²) in [6, 6.07) is 0. The maximum atomic E-state index is 10.8. The molecule has 0 aromatic heterocycles. The van der Waals surface area contributed by atoms with Crippen LogP contribution >= 0.6 is 0 Å². The molecule has 0 aliphatic heterocycles. The van der Waals surface area contributed by atoms with E-state index in [1.165, 1.54) is 0 Å². The molecule has 0 heterocycles. The first-order valence-corrected chi connectivity index (χ1v) is 7.11. The molecule has 3 N–H and O–H groups in total. The first kappa shape index (κ1) is 14.4. The third-order valence-corrected chi connectivity index (χ3v) is 2.72. The van der Waals surface area contributed by atoms with Crippen LogP contribution in [0.15, 0.2) is 0 Å². The Kier molecular flexibility index (Phi) is 5.87. The number of carboxylic acid groups (broad SMARTS) is 3. The van der Waals surface area contributed by atoms with Crippen molar-refractivity contribution in [3.8, 4) is 0 Å². The molecule has 0 spiro atoms. The zero-order valence-corrected chi connectivity index (χ0v) is 9.97. The average molecular weight is 275 g/mol. The van der Waals surface area contributed by atoms with Crippen molar-refractivity contribution in [1.29, 1.82) is 0 Å². The molecule has 0 radical (unpaired) electrons. The second-order valence-electron chi connectivity index (χ2n) is 2.69. The zero-order chi connectivity index (χ0) is 12.1. The van der Waals surface area contributed by atoms with Crippen LogP contribution in [-0.4, -0.2) is 52.5 Å². The quantitative estimate of drug-likeness (QED) is 0.488. The number of aliphatic carboxylic acids is 3. The monoisotopic (exact) mass is 275 g/mol. The van der Waals surface area contributed by atoms with Crippen molar-refractivity contribution < 1.29 is 47.6 Å². The molecule has 0 aromatic rings. The molecule has 9 heteroatoms. The number of carboxylic acids is 3. The Morgan fingerprint density at radius 2 is 1.53 bits per heavy atom. The Hall–Kier alpha value is -0.578. The topological polar surface area (TPSA) is 121 Å². The predicted octanol–water partition coefficient (Wildman–Crippen LogP) is -1.41. The molecule has 0 bridgehead atoms. The molecule has 0 saturated heterocycles. The van der Waals surface area contributed by atoms with Gasteiger partial charge in [0, 0.05) is 0 Å². The van der Waals surface area contributed by atoms with Gasteiger partial charge in [0.05, 0.1) is 0 Å². The molecule has 0 aliphatic carbocycles. The summed E-state index contributed by atoms with van der Waals surface area (Å²) < 4.78 is 4.78. The average Bonchev–Trinajstić information content (AvgIpc) is 2.01. The molecule has 15 heavy (non-hydrogen) atoms. The van der Waals surface area contributed by atoms with Gasteiger partial charge in [-0.2, -0.15) is 0 Å². The van der Waals surface area contributed by atoms with Gasteiger partial charge in [-0.3, -0.25) is 0 Å². The second kappa shape index (κ2) is 6.10.